The molecule has 2 unspecified atom stereocenters. The molecule has 0 spiro atoms. The number of nitrogens with one attached hydrogen (secondary N) is 2. The van der Waals surface area contributed by atoms with Gasteiger partial charge < -0.3 is 15.4 Å². The van der Waals surface area contributed by atoms with Gasteiger partial charge in [-0.05, 0) is 30.9 Å². The molecule has 1 amide bonds. The van der Waals surface area contributed by atoms with E-state index in [0.717, 1.165) is 24.3 Å². The highest BCUT2D eigenvalue weighted by atomic mass is 16.5. The summed E-state index contributed by atoms with van der Waals surface area (Å²) in [5, 5.41) is 6.42. The van der Waals surface area contributed by atoms with Gasteiger partial charge in [0.25, 0.3) is 0 Å². The molecule has 2 rings (SSSR count). The van der Waals surface area contributed by atoms with E-state index in [0.29, 0.717) is 25.1 Å². The molecule has 2 N–H and O–H groups in total. The van der Waals surface area contributed by atoms with E-state index >= 15 is 0 Å². The van der Waals surface area contributed by atoms with Crippen LogP contribution in [0.3, 0.4) is 0 Å². The number of fused-ring (bicyclic) bond motifs is 1. The maximum absolute atomic E-state index is 12.4. The van der Waals surface area contributed by atoms with E-state index in [9.17, 15) is 4.79 Å². The molecule has 0 aromatic heterocycles. The van der Waals surface area contributed by atoms with Crippen LogP contribution in [0.4, 0.5) is 5.69 Å². The largest absolute Gasteiger partial charge is 0.382 e. The van der Waals surface area contributed by atoms with Crippen molar-refractivity contribution in [2.24, 2.45) is 5.92 Å². The summed E-state index contributed by atoms with van der Waals surface area (Å²) in [7, 11) is 0. The molecule has 0 bridgehead atoms. The summed E-state index contributed by atoms with van der Waals surface area (Å²) < 4.78 is 5.50. The fourth-order valence-electron chi connectivity index (χ4n) is 2.67. The standard InChI is InChI=1S/C17H26N2O2/c1-12(2)11-21-9-8-18-17(20)15-10-13(3)19-16-7-5-4-6-14(15)16/h4-7,12-13,15,19H,8-11H2,1-3H3,(H,18,20). The SMILES string of the molecule is CC(C)COCCNC(=O)C1CC(C)Nc2ccccc21. The number of benzene rings is 1. The van der Waals surface area contributed by atoms with E-state index < -0.39 is 0 Å². The highest BCUT2D eigenvalue weighted by Gasteiger charge is 2.29. The first-order chi connectivity index (χ1) is 10.1. The molecule has 0 aliphatic carbocycles. The van der Waals surface area contributed by atoms with Crippen molar-refractivity contribution < 1.29 is 9.53 Å². The Morgan fingerprint density at radius 3 is 2.95 bits per heavy atom. The van der Waals surface area contributed by atoms with Crippen LogP contribution in [-0.4, -0.2) is 31.7 Å². The summed E-state index contributed by atoms with van der Waals surface area (Å²) in [6.07, 6.45) is 0.829. The van der Waals surface area contributed by atoms with Crippen molar-refractivity contribution in [3.63, 3.8) is 0 Å². The molecule has 0 fully saturated rings. The summed E-state index contributed by atoms with van der Waals surface area (Å²) in [5.41, 5.74) is 2.17. The third-order valence-electron chi connectivity index (χ3n) is 3.64. The quantitative estimate of drug-likeness (QED) is 0.792. The number of amides is 1. The second-order valence-corrected chi connectivity index (χ2v) is 6.18. The fraction of sp³-hybridized carbons (Fsp3) is 0.588. The summed E-state index contributed by atoms with van der Waals surface area (Å²) >= 11 is 0. The first-order valence-corrected chi connectivity index (χ1v) is 7.79. The third kappa shape index (κ3) is 4.46. The zero-order chi connectivity index (χ0) is 15.2. The van der Waals surface area contributed by atoms with Crippen molar-refractivity contribution in [3.05, 3.63) is 29.8 Å². The molecule has 1 heterocycles. The first kappa shape index (κ1) is 15.8. The highest BCUT2D eigenvalue weighted by Crippen LogP contribution is 2.33. The van der Waals surface area contributed by atoms with Crippen molar-refractivity contribution in [1.82, 2.24) is 5.32 Å². The van der Waals surface area contributed by atoms with Crippen molar-refractivity contribution in [3.8, 4) is 0 Å². The van der Waals surface area contributed by atoms with Crippen LogP contribution >= 0.6 is 0 Å². The summed E-state index contributed by atoms with van der Waals surface area (Å²) in [6, 6.07) is 8.37. The molecule has 4 nitrogen and oxygen atoms in total. The minimum absolute atomic E-state index is 0.0671. The smallest absolute Gasteiger partial charge is 0.227 e. The van der Waals surface area contributed by atoms with E-state index in [1.807, 2.05) is 24.3 Å². The lowest BCUT2D eigenvalue weighted by atomic mass is 9.87. The number of anilines is 1. The summed E-state index contributed by atoms with van der Waals surface area (Å²) in [4.78, 5) is 12.4. The zero-order valence-corrected chi connectivity index (χ0v) is 13.2. The van der Waals surface area contributed by atoms with Gasteiger partial charge in [-0.15, -0.1) is 0 Å². The molecule has 1 aliphatic rings. The lowest BCUT2D eigenvalue weighted by Crippen LogP contribution is -2.37. The van der Waals surface area contributed by atoms with Gasteiger partial charge in [0, 0.05) is 24.9 Å². The lowest BCUT2D eigenvalue weighted by molar-refractivity contribution is -0.123. The van der Waals surface area contributed by atoms with Crippen LogP contribution in [-0.2, 0) is 9.53 Å². The van der Waals surface area contributed by atoms with Crippen LogP contribution in [0.25, 0.3) is 0 Å². The van der Waals surface area contributed by atoms with E-state index in [2.05, 4.69) is 31.4 Å². The average molecular weight is 290 g/mol. The Hall–Kier alpha value is -1.55. The Bertz CT molecular complexity index is 474. The minimum Gasteiger partial charge on any atom is -0.382 e. The van der Waals surface area contributed by atoms with Crippen molar-refractivity contribution >= 4 is 11.6 Å². The maximum Gasteiger partial charge on any atom is 0.227 e. The Labute approximate surface area is 127 Å². The molecule has 1 aromatic carbocycles. The van der Waals surface area contributed by atoms with Crippen molar-refractivity contribution in [1.29, 1.82) is 0 Å². The second-order valence-electron chi connectivity index (χ2n) is 6.18. The van der Waals surface area contributed by atoms with Gasteiger partial charge in [-0.25, -0.2) is 0 Å². The number of ether oxygens (including phenoxy) is 1. The van der Waals surface area contributed by atoms with Gasteiger partial charge in [-0.1, -0.05) is 32.0 Å². The number of hydrogen-bond donors (Lipinski definition) is 2. The predicted octanol–water partition coefficient (Wildman–Crippen LogP) is 2.76. The van der Waals surface area contributed by atoms with Gasteiger partial charge >= 0.3 is 0 Å². The molecule has 1 aromatic rings. The molecule has 2 atom stereocenters. The zero-order valence-electron chi connectivity index (χ0n) is 13.2. The van der Waals surface area contributed by atoms with Gasteiger partial charge in [-0.2, -0.15) is 0 Å². The Morgan fingerprint density at radius 2 is 2.19 bits per heavy atom. The number of carbonyl (C=O) groups excluding carboxylic acids is 1. The number of para-hydroxylation sites is 1. The van der Waals surface area contributed by atoms with Crippen LogP contribution in [0.1, 0.15) is 38.7 Å². The average Bonchev–Trinajstić information content (AvgIpc) is 2.45. The van der Waals surface area contributed by atoms with Gasteiger partial charge in [-0.3, -0.25) is 4.79 Å². The van der Waals surface area contributed by atoms with Crippen LogP contribution in [0.2, 0.25) is 0 Å². The van der Waals surface area contributed by atoms with Crippen molar-refractivity contribution in [2.45, 2.75) is 39.2 Å². The molecule has 4 heteroatoms. The molecule has 21 heavy (non-hydrogen) atoms. The molecule has 0 saturated carbocycles. The molecule has 0 radical (unpaired) electrons. The van der Waals surface area contributed by atoms with E-state index in [4.69, 9.17) is 4.74 Å². The predicted molar refractivity (Wildman–Crippen MR) is 85.6 cm³/mol. The topological polar surface area (TPSA) is 50.4 Å². The van der Waals surface area contributed by atoms with Gasteiger partial charge in [0.15, 0.2) is 0 Å². The van der Waals surface area contributed by atoms with Crippen LogP contribution in [0, 0.1) is 5.92 Å². The van der Waals surface area contributed by atoms with Crippen LogP contribution in [0.5, 0.6) is 0 Å². The van der Waals surface area contributed by atoms with Gasteiger partial charge in [0.1, 0.15) is 0 Å². The molecular formula is C17H26N2O2. The number of hydrogen-bond acceptors (Lipinski definition) is 3. The summed E-state index contributed by atoms with van der Waals surface area (Å²) in [6.45, 7) is 8.24. The minimum atomic E-state index is -0.0671. The lowest BCUT2D eigenvalue weighted by Gasteiger charge is -2.30. The Kier molecular flexibility index (Phi) is 5.62. The molecule has 116 valence electrons. The number of rotatable bonds is 6. The Morgan fingerprint density at radius 1 is 1.43 bits per heavy atom. The third-order valence-corrected chi connectivity index (χ3v) is 3.64. The molecule has 0 saturated heterocycles. The Balaban J connectivity index is 1.88. The van der Waals surface area contributed by atoms with Crippen LogP contribution in [0.15, 0.2) is 24.3 Å². The maximum atomic E-state index is 12.4. The second kappa shape index (κ2) is 7.46. The number of carbonyl (C=O) groups is 1. The van der Waals surface area contributed by atoms with E-state index in [1.165, 1.54) is 0 Å². The normalized spacial score (nSPS) is 20.8. The van der Waals surface area contributed by atoms with E-state index in [1.54, 1.807) is 0 Å². The van der Waals surface area contributed by atoms with Crippen molar-refractivity contribution in [2.75, 3.05) is 25.1 Å². The summed E-state index contributed by atoms with van der Waals surface area (Å²) in [5.74, 6) is 0.560. The van der Waals surface area contributed by atoms with Gasteiger partial charge in [0.05, 0.1) is 12.5 Å². The molecular weight excluding hydrogens is 264 g/mol. The van der Waals surface area contributed by atoms with E-state index in [-0.39, 0.29) is 11.8 Å². The molecule has 1 aliphatic heterocycles. The monoisotopic (exact) mass is 290 g/mol. The van der Waals surface area contributed by atoms with Crippen LogP contribution < -0.4 is 10.6 Å². The fourth-order valence-corrected chi connectivity index (χ4v) is 2.67. The first-order valence-electron chi connectivity index (χ1n) is 7.79. The highest BCUT2D eigenvalue weighted by molar-refractivity contribution is 5.86. The van der Waals surface area contributed by atoms with Gasteiger partial charge in [0.2, 0.25) is 5.91 Å².